The van der Waals surface area contributed by atoms with E-state index in [2.05, 4.69) is 28.8 Å². The number of hydrogen-bond acceptors (Lipinski definition) is 4. The van der Waals surface area contributed by atoms with Crippen LogP contribution in [0.3, 0.4) is 0 Å². The lowest BCUT2D eigenvalue weighted by atomic mass is 9.89. The molecule has 0 amide bonds. The Bertz CT molecular complexity index is 1120. The molecule has 2 heterocycles. The molecule has 0 saturated carbocycles. The summed E-state index contributed by atoms with van der Waals surface area (Å²) in [6.45, 7) is 4.07. The fraction of sp³-hybridized carbons (Fsp3) is 0.345. The molecule has 5 heteroatoms. The Labute approximate surface area is 208 Å². The van der Waals surface area contributed by atoms with Gasteiger partial charge in [0.05, 0.1) is 11.8 Å². The number of aliphatic hydroxyl groups excluding tert-OH is 1. The lowest BCUT2D eigenvalue weighted by molar-refractivity contribution is 0.140. The van der Waals surface area contributed by atoms with E-state index in [1.165, 1.54) is 33.5 Å². The normalized spacial score (nSPS) is 16.9. The molecule has 0 radical (unpaired) electrons. The van der Waals surface area contributed by atoms with Crippen molar-refractivity contribution >= 4 is 17.2 Å². The fourth-order valence-electron chi connectivity index (χ4n) is 4.71. The SMILES string of the molecule is CN[C@@H](C)[C@@H](O)c1ccccc1.Clc1ccc2c(c1)CCc1cccnc1C2=C1CCNCC1. The van der Waals surface area contributed by atoms with Gasteiger partial charge in [-0.1, -0.05) is 59.6 Å². The van der Waals surface area contributed by atoms with E-state index in [4.69, 9.17) is 16.6 Å². The molecule has 0 spiro atoms. The molecule has 1 aliphatic carbocycles. The van der Waals surface area contributed by atoms with Crippen molar-refractivity contribution in [1.82, 2.24) is 15.6 Å². The Morgan fingerprint density at radius 2 is 1.68 bits per heavy atom. The van der Waals surface area contributed by atoms with Crippen LogP contribution in [0, 0.1) is 0 Å². The average Bonchev–Trinajstić information content (AvgIpc) is 3.05. The Morgan fingerprint density at radius 3 is 2.41 bits per heavy atom. The first-order valence-corrected chi connectivity index (χ1v) is 12.5. The van der Waals surface area contributed by atoms with Gasteiger partial charge in [-0.25, -0.2) is 0 Å². The number of fused-ring (bicyclic) bond motifs is 2. The fourth-order valence-corrected chi connectivity index (χ4v) is 4.90. The van der Waals surface area contributed by atoms with E-state index in [0.717, 1.165) is 49.4 Å². The Balaban J connectivity index is 0.000000195. The zero-order chi connectivity index (χ0) is 23.9. The van der Waals surface area contributed by atoms with E-state index in [1.54, 1.807) is 0 Å². The minimum absolute atomic E-state index is 0.0902. The summed E-state index contributed by atoms with van der Waals surface area (Å²) in [7, 11) is 1.84. The van der Waals surface area contributed by atoms with Crippen LogP contribution < -0.4 is 10.6 Å². The van der Waals surface area contributed by atoms with Crippen LogP contribution in [-0.2, 0) is 12.8 Å². The number of pyridine rings is 1. The van der Waals surface area contributed by atoms with Crippen LogP contribution in [0.25, 0.3) is 5.57 Å². The molecule has 2 aliphatic rings. The largest absolute Gasteiger partial charge is 0.387 e. The number of rotatable bonds is 3. The van der Waals surface area contributed by atoms with Gasteiger partial charge in [-0.15, -0.1) is 0 Å². The summed E-state index contributed by atoms with van der Waals surface area (Å²) in [5, 5.41) is 17.0. The van der Waals surface area contributed by atoms with Crippen molar-refractivity contribution in [3.8, 4) is 0 Å². The molecule has 0 bridgehead atoms. The predicted molar refractivity (Wildman–Crippen MR) is 141 cm³/mol. The summed E-state index contributed by atoms with van der Waals surface area (Å²) >= 11 is 6.23. The maximum Gasteiger partial charge on any atom is 0.0940 e. The average molecular weight is 476 g/mol. The van der Waals surface area contributed by atoms with E-state index >= 15 is 0 Å². The standard InChI is InChI=1S/C19H19ClN2.C10H15NO/c20-16-5-6-17-15(12-16)4-3-14-2-1-9-22-19(14)18(17)13-7-10-21-11-8-13;1-8(11-2)10(12)9-6-4-3-5-7-9/h1-2,5-6,9,12,21H,3-4,7-8,10-11H2;3-8,10-12H,1-2H3/t;8-,10+/m.0/s1. The van der Waals surface area contributed by atoms with Crippen LogP contribution in [0.2, 0.25) is 5.02 Å². The van der Waals surface area contributed by atoms with Crippen LogP contribution in [-0.4, -0.2) is 36.3 Å². The number of aromatic nitrogens is 1. The van der Waals surface area contributed by atoms with Gasteiger partial charge < -0.3 is 15.7 Å². The summed E-state index contributed by atoms with van der Waals surface area (Å²) < 4.78 is 0. The van der Waals surface area contributed by atoms with Gasteiger partial charge in [0, 0.05) is 22.8 Å². The van der Waals surface area contributed by atoms with Crippen LogP contribution in [0.5, 0.6) is 0 Å². The third-order valence-corrected chi connectivity index (χ3v) is 6.99. The highest BCUT2D eigenvalue weighted by Gasteiger charge is 2.23. The molecule has 178 valence electrons. The van der Waals surface area contributed by atoms with Crippen molar-refractivity contribution in [2.24, 2.45) is 0 Å². The molecule has 1 fully saturated rings. The van der Waals surface area contributed by atoms with E-state index in [0.29, 0.717) is 0 Å². The number of likely N-dealkylation sites (N-methyl/N-ethyl adjacent to an activating group) is 1. The molecule has 2 atom stereocenters. The van der Waals surface area contributed by atoms with Crippen molar-refractivity contribution in [2.75, 3.05) is 20.1 Å². The molecule has 5 rings (SSSR count). The lowest BCUT2D eigenvalue weighted by Gasteiger charge is -2.21. The van der Waals surface area contributed by atoms with Crippen LogP contribution in [0.15, 0.2) is 72.4 Å². The topological polar surface area (TPSA) is 57.2 Å². The van der Waals surface area contributed by atoms with E-state index in [9.17, 15) is 5.11 Å². The van der Waals surface area contributed by atoms with Crippen molar-refractivity contribution in [1.29, 1.82) is 0 Å². The zero-order valence-corrected chi connectivity index (χ0v) is 20.8. The quantitative estimate of drug-likeness (QED) is 0.478. The van der Waals surface area contributed by atoms with Crippen molar-refractivity contribution in [3.63, 3.8) is 0 Å². The summed E-state index contributed by atoms with van der Waals surface area (Å²) in [5.41, 5.74) is 9.08. The summed E-state index contributed by atoms with van der Waals surface area (Å²) in [4.78, 5) is 4.75. The molecule has 3 aromatic rings. The molecule has 1 aliphatic heterocycles. The second-order valence-corrected chi connectivity index (χ2v) is 9.41. The summed E-state index contributed by atoms with van der Waals surface area (Å²) in [6, 6.07) is 20.3. The van der Waals surface area contributed by atoms with Crippen molar-refractivity contribution in [3.05, 3.63) is 105 Å². The van der Waals surface area contributed by atoms with Crippen LogP contribution in [0.1, 0.15) is 53.8 Å². The number of piperidine rings is 1. The minimum atomic E-state index is -0.420. The minimum Gasteiger partial charge on any atom is -0.387 e. The first-order valence-electron chi connectivity index (χ1n) is 12.1. The predicted octanol–water partition coefficient (Wildman–Crippen LogP) is 5.35. The number of nitrogens with zero attached hydrogens (tertiary/aromatic N) is 1. The molecular formula is C29H34ClN3O. The van der Waals surface area contributed by atoms with Gasteiger partial charge in [-0.2, -0.15) is 0 Å². The van der Waals surface area contributed by atoms with E-state index in [-0.39, 0.29) is 6.04 Å². The van der Waals surface area contributed by atoms with Gasteiger partial charge in [-0.3, -0.25) is 4.98 Å². The van der Waals surface area contributed by atoms with E-state index < -0.39 is 6.10 Å². The van der Waals surface area contributed by atoms with Crippen molar-refractivity contribution in [2.45, 2.75) is 44.8 Å². The molecule has 0 unspecified atom stereocenters. The molecule has 3 N–H and O–H groups in total. The van der Waals surface area contributed by atoms with Crippen molar-refractivity contribution < 1.29 is 5.11 Å². The van der Waals surface area contributed by atoms with Gasteiger partial charge in [0.25, 0.3) is 0 Å². The lowest BCUT2D eigenvalue weighted by Crippen LogP contribution is -2.28. The van der Waals surface area contributed by atoms with Crippen LogP contribution in [0.4, 0.5) is 0 Å². The second-order valence-electron chi connectivity index (χ2n) is 8.97. The first-order chi connectivity index (χ1) is 16.6. The molecule has 1 aromatic heterocycles. The Morgan fingerprint density at radius 1 is 0.941 bits per heavy atom. The third-order valence-electron chi connectivity index (χ3n) is 6.76. The van der Waals surface area contributed by atoms with Gasteiger partial charge in [0.15, 0.2) is 0 Å². The number of nitrogens with one attached hydrogen (secondary N) is 2. The number of hydrogen-bond donors (Lipinski definition) is 3. The molecule has 4 nitrogen and oxygen atoms in total. The maximum absolute atomic E-state index is 9.73. The number of aryl methyl sites for hydroxylation is 2. The monoisotopic (exact) mass is 475 g/mol. The highest BCUT2D eigenvalue weighted by Crippen LogP contribution is 2.37. The van der Waals surface area contributed by atoms with Crippen LogP contribution >= 0.6 is 11.6 Å². The third kappa shape index (κ3) is 5.76. The molecule has 34 heavy (non-hydrogen) atoms. The smallest absolute Gasteiger partial charge is 0.0940 e. The Kier molecular flexibility index (Phi) is 8.52. The summed E-state index contributed by atoms with van der Waals surface area (Å²) in [5.74, 6) is 0. The van der Waals surface area contributed by atoms with Gasteiger partial charge in [-0.05, 0) is 93.2 Å². The van der Waals surface area contributed by atoms with E-state index in [1.807, 2.05) is 62.6 Å². The number of halogens is 1. The highest BCUT2D eigenvalue weighted by atomic mass is 35.5. The number of benzene rings is 2. The van der Waals surface area contributed by atoms with Gasteiger partial charge >= 0.3 is 0 Å². The maximum atomic E-state index is 9.73. The first kappa shape index (κ1) is 24.6. The number of aliphatic hydroxyl groups is 1. The molecule has 1 saturated heterocycles. The zero-order valence-electron chi connectivity index (χ0n) is 20.0. The molecule has 2 aromatic carbocycles. The Hall–Kier alpha value is -2.50. The second kappa shape index (κ2) is 11.8. The molecular weight excluding hydrogens is 442 g/mol. The van der Waals surface area contributed by atoms with Gasteiger partial charge in [0.2, 0.25) is 0 Å². The van der Waals surface area contributed by atoms with Gasteiger partial charge in [0.1, 0.15) is 0 Å². The highest BCUT2D eigenvalue weighted by molar-refractivity contribution is 6.30. The summed E-state index contributed by atoms with van der Waals surface area (Å²) in [6.07, 6.45) is 5.77.